The van der Waals surface area contributed by atoms with Crippen LogP contribution in [0.15, 0.2) is 53.6 Å². The van der Waals surface area contributed by atoms with Gasteiger partial charge in [-0.15, -0.1) is 5.10 Å². The summed E-state index contributed by atoms with van der Waals surface area (Å²) in [5.41, 5.74) is 0.416. The van der Waals surface area contributed by atoms with Crippen LogP contribution in [0, 0.1) is 0 Å². The van der Waals surface area contributed by atoms with Gasteiger partial charge in [-0.1, -0.05) is 30.3 Å². The van der Waals surface area contributed by atoms with E-state index in [1.54, 1.807) is 30.3 Å². The third-order valence-corrected chi connectivity index (χ3v) is 4.36. The highest BCUT2D eigenvalue weighted by Crippen LogP contribution is 2.30. The van der Waals surface area contributed by atoms with Crippen LogP contribution in [0.3, 0.4) is 0 Å². The van der Waals surface area contributed by atoms with Crippen molar-refractivity contribution in [1.82, 2.24) is 25.1 Å². The molecule has 2 aromatic heterocycles. The topological polar surface area (TPSA) is 89.8 Å². The first-order valence-electron chi connectivity index (χ1n) is 7.92. The molecule has 0 amide bonds. The third kappa shape index (κ3) is 5.14. The van der Waals surface area contributed by atoms with E-state index in [-0.39, 0.29) is 16.5 Å². The van der Waals surface area contributed by atoms with Gasteiger partial charge in [-0.2, -0.15) is 17.9 Å². The molecule has 0 saturated heterocycles. The zero-order valence-corrected chi connectivity index (χ0v) is 16.1. The molecule has 2 heterocycles. The molecule has 0 saturated carbocycles. The number of nitrogens with one attached hydrogen (secondary N) is 1. The number of benzene rings is 1. The number of aromatic nitrogens is 4. The summed E-state index contributed by atoms with van der Waals surface area (Å²) in [4.78, 5) is 7.43. The number of rotatable bonds is 3. The summed E-state index contributed by atoms with van der Waals surface area (Å²) in [5.74, 6) is -1.33. The summed E-state index contributed by atoms with van der Waals surface area (Å²) in [6.07, 6.45) is -2.65. The van der Waals surface area contributed by atoms with Gasteiger partial charge in [0.1, 0.15) is 0 Å². The minimum Gasteiger partial charge on any atom is -0.323 e. The van der Waals surface area contributed by atoms with Crippen molar-refractivity contribution in [3.63, 3.8) is 0 Å². The maximum Gasteiger partial charge on any atom is 0.453 e. The van der Waals surface area contributed by atoms with Crippen molar-refractivity contribution in [2.45, 2.75) is 11.1 Å². The lowest BCUT2D eigenvalue weighted by atomic mass is 10.2. The molecule has 0 aliphatic heterocycles. The number of hydrogen-bond acceptors (Lipinski definition) is 6. The van der Waals surface area contributed by atoms with Crippen molar-refractivity contribution in [3.8, 4) is 17.2 Å². The van der Waals surface area contributed by atoms with Gasteiger partial charge in [-0.25, -0.2) is 18.4 Å². The van der Waals surface area contributed by atoms with E-state index in [9.17, 15) is 21.6 Å². The monoisotopic (exact) mass is 413 g/mol. The molecule has 0 spiro atoms. The van der Waals surface area contributed by atoms with Crippen molar-refractivity contribution >= 4 is 9.84 Å². The fourth-order valence-electron chi connectivity index (χ4n) is 2.08. The van der Waals surface area contributed by atoms with Gasteiger partial charge in [-0.05, 0) is 26.2 Å². The van der Waals surface area contributed by atoms with Gasteiger partial charge in [0.25, 0.3) is 5.82 Å². The summed E-state index contributed by atoms with van der Waals surface area (Å²) < 4.78 is 62.9. The first-order valence-corrected chi connectivity index (χ1v) is 9.81. The highest BCUT2D eigenvalue weighted by molar-refractivity contribution is 7.90. The van der Waals surface area contributed by atoms with Crippen LogP contribution in [-0.4, -0.2) is 48.5 Å². The predicted molar refractivity (Wildman–Crippen MR) is 97.7 cm³/mol. The summed E-state index contributed by atoms with van der Waals surface area (Å²) in [6.45, 7) is 0. The molecule has 0 radical (unpaired) electrons. The molecule has 28 heavy (non-hydrogen) atoms. The Morgan fingerprint density at radius 2 is 1.64 bits per heavy atom. The van der Waals surface area contributed by atoms with Gasteiger partial charge in [0.15, 0.2) is 21.5 Å². The Labute approximate surface area is 160 Å². The smallest absolute Gasteiger partial charge is 0.323 e. The molecule has 0 aliphatic carbocycles. The normalized spacial score (nSPS) is 11.6. The SMILES string of the molecule is CNC.CS(=O)(=O)c1ccc(-n2nc(C(F)(F)F)nc2-c2ccccc2)nc1. The quantitative estimate of drug-likeness (QED) is 0.710. The Balaban J connectivity index is 0.000000878. The van der Waals surface area contributed by atoms with Crippen molar-refractivity contribution in [1.29, 1.82) is 0 Å². The number of halogens is 3. The number of hydrogen-bond donors (Lipinski definition) is 1. The maximum atomic E-state index is 13.0. The van der Waals surface area contributed by atoms with Gasteiger partial charge < -0.3 is 5.32 Å². The zero-order chi connectivity index (χ0) is 20.9. The Morgan fingerprint density at radius 1 is 1.04 bits per heavy atom. The Bertz CT molecular complexity index is 1020. The fraction of sp³-hybridized carbons (Fsp3) is 0.235. The lowest BCUT2D eigenvalue weighted by Crippen LogP contribution is -2.09. The van der Waals surface area contributed by atoms with Crippen LogP contribution in [0.1, 0.15) is 5.82 Å². The van der Waals surface area contributed by atoms with Gasteiger partial charge in [0, 0.05) is 18.0 Å². The summed E-state index contributed by atoms with van der Waals surface area (Å²) in [7, 11) is 0.280. The van der Waals surface area contributed by atoms with E-state index in [1.165, 1.54) is 12.1 Å². The van der Waals surface area contributed by atoms with Crippen LogP contribution in [0.5, 0.6) is 0 Å². The van der Waals surface area contributed by atoms with Crippen LogP contribution in [-0.2, 0) is 16.0 Å². The van der Waals surface area contributed by atoms with E-state index < -0.39 is 21.8 Å². The van der Waals surface area contributed by atoms with Gasteiger partial charge >= 0.3 is 6.18 Å². The van der Waals surface area contributed by atoms with Gasteiger partial charge in [-0.3, -0.25) is 0 Å². The van der Waals surface area contributed by atoms with Crippen molar-refractivity contribution < 1.29 is 21.6 Å². The molecule has 1 N–H and O–H groups in total. The van der Waals surface area contributed by atoms with Crippen molar-refractivity contribution in [2.75, 3.05) is 20.4 Å². The van der Waals surface area contributed by atoms with Crippen LogP contribution in [0.2, 0.25) is 0 Å². The van der Waals surface area contributed by atoms with Crippen LogP contribution < -0.4 is 5.32 Å². The van der Waals surface area contributed by atoms with E-state index in [2.05, 4.69) is 20.4 Å². The molecule has 0 bridgehead atoms. The maximum absolute atomic E-state index is 13.0. The second kappa shape index (κ2) is 8.48. The molecule has 0 fully saturated rings. The molecule has 3 aromatic rings. The molecule has 0 unspecified atom stereocenters. The minimum absolute atomic E-state index is 0.0225. The minimum atomic E-state index is -4.72. The Kier molecular flexibility index (Phi) is 6.52. The second-order valence-corrected chi connectivity index (χ2v) is 7.67. The lowest BCUT2D eigenvalue weighted by Gasteiger charge is -2.05. The Hall–Kier alpha value is -2.79. The first-order chi connectivity index (χ1) is 13.1. The van der Waals surface area contributed by atoms with Gasteiger partial charge in [0.2, 0.25) is 0 Å². The Morgan fingerprint density at radius 3 is 2.11 bits per heavy atom. The van der Waals surface area contributed by atoms with Crippen molar-refractivity contribution in [2.24, 2.45) is 0 Å². The molecule has 11 heteroatoms. The van der Waals surface area contributed by atoms with Crippen molar-refractivity contribution in [3.05, 3.63) is 54.5 Å². The molecular formula is C17H18F3N5O2S. The lowest BCUT2D eigenvalue weighted by molar-refractivity contribution is -0.144. The van der Waals surface area contributed by atoms with E-state index in [0.717, 1.165) is 17.1 Å². The zero-order valence-electron chi connectivity index (χ0n) is 15.3. The summed E-state index contributed by atoms with van der Waals surface area (Å²) in [5, 5.41) is 6.24. The third-order valence-electron chi connectivity index (χ3n) is 3.26. The molecule has 0 aliphatic rings. The molecule has 150 valence electrons. The molecule has 1 aromatic carbocycles. The summed E-state index contributed by atoms with van der Waals surface area (Å²) in [6, 6.07) is 10.7. The molecular weight excluding hydrogens is 395 g/mol. The number of sulfone groups is 1. The van der Waals surface area contributed by atoms with E-state index in [1.807, 2.05) is 14.1 Å². The van der Waals surface area contributed by atoms with Crippen LogP contribution >= 0.6 is 0 Å². The standard InChI is InChI=1S/C15H11F3N4O2S.C2H7N/c1-25(23,24)11-7-8-12(19-9-11)22-13(10-5-3-2-4-6-10)20-14(21-22)15(16,17)18;1-3-2/h2-9H,1H3;3H,1-2H3. The number of alkyl halides is 3. The average Bonchev–Trinajstić information content (AvgIpc) is 3.08. The number of pyridine rings is 1. The second-order valence-electron chi connectivity index (χ2n) is 5.66. The van der Waals surface area contributed by atoms with E-state index in [4.69, 9.17) is 0 Å². The average molecular weight is 413 g/mol. The highest BCUT2D eigenvalue weighted by Gasteiger charge is 2.37. The summed E-state index contributed by atoms with van der Waals surface area (Å²) >= 11 is 0. The predicted octanol–water partition coefficient (Wildman–Crippen LogP) is 2.59. The fourth-order valence-corrected chi connectivity index (χ4v) is 2.64. The van der Waals surface area contributed by atoms with Gasteiger partial charge in [0.05, 0.1) is 4.90 Å². The molecule has 3 rings (SSSR count). The van der Waals surface area contributed by atoms with E-state index in [0.29, 0.717) is 5.56 Å². The highest BCUT2D eigenvalue weighted by atomic mass is 32.2. The van der Waals surface area contributed by atoms with Crippen LogP contribution in [0.4, 0.5) is 13.2 Å². The van der Waals surface area contributed by atoms with Crippen LogP contribution in [0.25, 0.3) is 17.2 Å². The van der Waals surface area contributed by atoms with E-state index >= 15 is 0 Å². The number of nitrogens with zero attached hydrogens (tertiary/aromatic N) is 4. The first kappa shape index (κ1) is 21.5. The largest absolute Gasteiger partial charge is 0.453 e. The molecule has 0 atom stereocenters. The molecule has 7 nitrogen and oxygen atoms in total.